The van der Waals surface area contributed by atoms with E-state index < -0.39 is 0 Å². The van der Waals surface area contributed by atoms with Crippen molar-refractivity contribution in [3.8, 4) is 5.75 Å². The Morgan fingerprint density at radius 3 is 2.95 bits per heavy atom. The van der Waals surface area contributed by atoms with Gasteiger partial charge in [-0.05, 0) is 12.5 Å². The van der Waals surface area contributed by atoms with Gasteiger partial charge < -0.3 is 19.5 Å². The molecule has 2 fully saturated rings. The summed E-state index contributed by atoms with van der Waals surface area (Å²) in [5, 5.41) is 9.49. The van der Waals surface area contributed by atoms with Gasteiger partial charge in [0, 0.05) is 18.7 Å². The first-order valence-corrected chi connectivity index (χ1v) is 7.00. The van der Waals surface area contributed by atoms with Gasteiger partial charge in [-0.1, -0.05) is 18.2 Å². The predicted molar refractivity (Wildman–Crippen MR) is 72.6 cm³/mol. The van der Waals surface area contributed by atoms with Gasteiger partial charge in [0.05, 0.1) is 19.1 Å². The number of likely N-dealkylation sites (tertiary alicyclic amines) is 1. The lowest BCUT2D eigenvalue weighted by atomic mass is 10.1. The van der Waals surface area contributed by atoms with E-state index in [1.807, 2.05) is 24.3 Å². The maximum Gasteiger partial charge on any atom is 0.227 e. The molecule has 20 heavy (non-hydrogen) atoms. The van der Waals surface area contributed by atoms with E-state index in [0.29, 0.717) is 32.5 Å². The molecule has 2 heterocycles. The SMILES string of the molecule is O=C(Cc1ccccc1OC[C@@H]1CO1)N1CC[C@H](O)C1. The fourth-order valence-electron chi connectivity index (χ4n) is 2.38. The number of nitrogens with zero attached hydrogens (tertiary/aromatic N) is 1. The quantitative estimate of drug-likeness (QED) is 0.801. The molecular weight excluding hydrogens is 258 g/mol. The molecular formula is C15H19NO4. The van der Waals surface area contributed by atoms with Gasteiger partial charge in [0.25, 0.3) is 0 Å². The van der Waals surface area contributed by atoms with Crippen molar-refractivity contribution in [2.45, 2.75) is 25.0 Å². The highest BCUT2D eigenvalue weighted by Gasteiger charge is 2.26. The molecule has 1 amide bonds. The molecule has 1 aromatic carbocycles. The fraction of sp³-hybridized carbons (Fsp3) is 0.533. The largest absolute Gasteiger partial charge is 0.490 e. The van der Waals surface area contributed by atoms with E-state index in [1.165, 1.54) is 0 Å². The van der Waals surface area contributed by atoms with Crippen LogP contribution in [-0.2, 0) is 16.0 Å². The summed E-state index contributed by atoms with van der Waals surface area (Å²) in [4.78, 5) is 13.9. The molecule has 2 saturated heterocycles. The molecule has 108 valence electrons. The summed E-state index contributed by atoms with van der Waals surface area (Å²) in [6.07, 6.45) is 0.807. The minimum Gasteiger partial charge on any atom is -0.490 e. The Kier molecular flexibility index (Phi) is 3.89. The first-order chi connectivity index (χ1) is 9.72. The van der Waals surface area contributed by atoms with Crippen LogP contribution in [0.5, 0.6) is 5.75 Å². The van der Waals surface area contributed by atoms with Crippen molar-refractivity contribution >= 4 is 5.91 Å². The van der Waals surface area contributed by atoms with Gasteiger partial charge >= 0.3 is 0 Å². The van der Waals surface area contributed by atoms with Crippen LogP contribution < -0.4 is 4.74 Å². The van der Waals surface area contributed by atoms with Gasteiger partial charge in [-0.3, -0.25) is 4.79 Å². The lowest BCUT2D eigenvalue weighted by Crippen LogP contribution is -2.31. The Labute approximate surface area is 118 Å². The third kappa shape index (κ3) is 3.29. The summed E-state index contributed by atoms with van der Waals surface area (Å²) >= 11 is 0. The number of hydrogen-bond acceptors (Lipinski definition) is 4. The van der Waals surface area contributed by atoms with E-state index in [2.05, 4.69) is 0 Å². The Morgan fingerprint density at radius 1 is 1.45 bits per heavy atom. The third-order valence-electron chi connectivity index (χ3n) is 3.66. The van der Waals surface area contributed by atoms with Crippen LogP contribution in [0.3, 0.4) is 0 Å². The summed E-state index contributed by atoms with van der Waals surface area (Å²) < 4.78 is 10.8. The first-order valence-electron chi connectivity index (χ1n) is 7.00. The van der Waals surface area contributed by atoms with E-state index in [9.17, 15) is 9.90 Å². The molecule has 0 radical (unpaired) electrons. The van der Waals surface area contributed by atoms with Crippen LogP contribution in [0.25, 0.3) is 0 Å². The van der Waals surface area contributed by atoms with Gasteiger partial charge in [0.1, 0.15) is 18.5 Å². The van der Waals surface area contributed by atoms with Crippen LogP contribution in [-0.4, -0.2) is 54.4 Å². The molecule has 0 bridgehead atoms. The van der Waals surface area contributed by atoms with Crippen molar-refractivity contribution < 1.29 is 19.4 Å². The van der Waals surface area contributed by atoms with Gasteiger partial charge in [0.15, 0.2) is 0 Å². The molecule has 2 aliphatic heterocycles. The lowest BCUT2D eigenvalue weighted by molar-refractivity contribution is -0.129. The zero-order valence-corrected chi connectivity index (χ0v) is 11.3. The second-order valence-corrected chi connectivity index (χ2v) is 5.33. The Bertz CT molecular complexity index is 487. The van der Waals surface area contributed by atoms with Gasteiger partial charge in [0.2, 0.25) is 5.91 Å². The number of amides is 1. The average Bonchev–Trinajstić information content (AvgIpc) is 3.18. The smallest absolute Gasteiger partial charge is 0.227 e. The second kappa shape index (κ2) is 5.81. The summed E-state index contributed by atoms with van der Waals surface area (Å²) in [5.41, 5.74) is 0.888. The number of carbonyl (C=O) groups excluding carboxylic acids is 1. The molecule has 5 nitrogen and oxygen atoms in total. The number of carbonyl (C=O) groups is 1. The number of β-amino-alcohol motifs (C(OH)–C–C–N with tert-alkyl or cyclic N) is 1. The predicted octanol–water partition coefficient (Wildman–Crippen LogP) is 0.600. The molecule has 0 aromatic heterocycles. The average molecular weight is 277 g/mol. The molecule has 5 heteroatoms. The van der Waals surface area contributed by atoms with Gasteiger partial charge in [-0.15, -0.1) is 0 Å². The van der Waals surface area contributed by atoms with Crippen molar-refractivity contribution in [2.75, 3.05) is 26.3 Å². The van der Waals surface area contributed by atoms with E-state index in [0.717, 1.165) is 17.9 Å². The van der Waals surface area contributed by atoms with Crippen LogP contribution in [0.2, 0.25) is 0 Å². The highest BCUT2D eigenvalue weighted by atomic mass is 16.6. The highest BCUT2D eigenvalue weighted by molar-refractivity contribution is 5.79. The number of benzene rings is 1. The van der Waals surface area contributed by atoms with Crippen LogP contribution >= 0.6 is 0 Å². The molecule has 0 aliphatic carbocycles. The molecule has 0 saturated carbocycles. The summed E-state index contributed by atoms with van der Waals surface area (Å²) in [6.45, 7) is 2.37. The van der Waals surface area contributed by atoms with E-state index in [-0.39, 0.29) is 18.1 Å². The Hall–Kier alpha value is -1.59. The first kappa shape index (κ1) is 13.4. The monoisotopic (exact) mass is 277 g/mol. The standard InChI is InChI=1S/C15H19NO4/c17-12-5-6-16(8-12)15(18)7-11-3-1-2-4-14(11)20-10-13-9-19-13/h1-4,12-13,17H,5-10H2/t12-,13-/m0/s1. The van der Waals surface area contributed by atoms with Crippen molar-refractivity contribution in [2.24, 2.45) is 0 Å². The zero-order chi connectivity index (χ0) is 13.9. The van der Waals surface area contributed by atoms with Gasteiger partial charge in [-0.2, -0.15) is 0 Å². The minimum atomic E-state index is -0.377. The molecule has 0 unspecified atom stereocenters. The molecule has 2 aliphatic rings. The molecule has 0 spiro atoms. The number of aliphatic hydroxyl groups is 1. The number of ether oxygens (including phenoxy) is 2. The van der Waals surface area contributed by atoms with Crippen molar-refractivity contribution in [3.05, 3.63) is 29.8 Å². The van der Waals surface area contributed by atoms with E-state index >= 15 is 0 Å². The Balaban J connectivity index is 1.62. The van der Waals surface area contributed by atoms with Crippen LogP contribution in [0.1, 0.15) is 12.0 Å². The summed E-state index contributed by atoms with van der Waals surface area (Å²) in [6, 6.07) is 7.59. The van der Waals surface area contributed by atoms with E-state index in [1.54, 1.807) is 4.90 Å². The number of aliphatic hydroxyl groups excluding tert-OH is 1. The topological polar surface area (TPSA) is 62.3 Å². The summed E-state index contributed by atoms with van der Waals surface area (Å²) in [5.74, 6) is 0.788. The zero-order valence-electron chi connectivity index (χ0n) is 11.3. The fourth-order valence-corrected chi connectivity index (χ4v) is 2.38. The van der Waals surface area contributed by atoms with Crippen LogP contribution in [0, 0.1) is 0 Å². The minimum absolute atomic E-state index is 0.0419. The maximum absolute atomic E-state index is 12.2. The second-order valence-electron chi connectivity index (χ2n) is 5.33. The number of hydrogen-bond donors (Lipinski definition) is 1. The van der Waals surface area contributed by atoms with Crippen molar-refractivity contribution in [3.63, 3.8) is 0 Å². The molecule has 1 aromatic rings. The van der Waals surface area contributed by atoms with Crippen LogP contribution in [0.4, 0.5) is 0 Å². The normalized spacial score (nSPS) is 24.8. The molecule has 1 N–H and O–H groups in total. The Morgan fingerprint density at radius 2 is 2.25 bits per heavy atom. The number of para-hydroxylation sites is 1. The van der Waals surface area contributed by atoms with Crippen LogP contribution in [0.15, 0.2) is 24.3 Å². The number of rotatable bonds is 5. The molecule has 2 atom stereocenters. The number of epoxide rings is 1. The maximum atomic E-state index is 12.2. The third-order valence-corrected chi connectivity index (χ3v) is 3.66. The lowest BCUT2D eigenvalue weighted by Gasteiger charge is -2.17. The van der Waals surface area contributed by atoms with Crippen molar-refractivity contribution in [1.82, 2.24) is 4.90 Å². The summed E-state index contributed by atoms with van der Waals surface area (Å²) in [7, 11) is 0. The van der Waals surface area contributed by atoms with E-state index in [4.69, 9.17) is 9.47 Å². The highest BCUT2D eigenvalue weighted by Crippen LogP contribution is 2.22. The molecule has 3 rings (SSSR count). The van der Waals surface area contributed by atoms with Gasteiger partial charge in [-0.25, -0.2) is 0 Å². The van der Waals surface area contributed by atoms with Crippen molar-refractivity contribution in [1.29, 1.82) is 0 Å².